The van der Waals surface area contributed by atoms with Gasteiger partial charge < -0.3 is 9.88 Å². The lowest BCUT2D eigenvalue weighted by atomic mass is 9.85. The van der Waals surface area contributed by atoms with Gasteiger partial charge in [0.25, 0.3) is 11.5 Å². The number of H-pyrrole nitrogens is 1. The van der Waals surface area contributed by atoms with E-state index in [2.05, 4.69) is 34.7 Å². The van der Waals surface area contributed by atoms with Crippen molar-refractivity contribution >= 4 is 16.8 Å². The zero-order chi connectivity index (χ0) is 19.0. The molecule has 2 unspecified atom stereocenters. The second-order valence-corrected chi connectivity index (χ2v) is 8.04. The molecule has 4 rings (SSSR count). The van der Waals surface area contributed by atoms with E-state index < -0.39 is 0 Å². The van der Waals surface area contributed by atoms with Crippen molar-refractivity contribution in [2.45, 2.75) is 45.2 Å². The van der Waals surface area contributed by atoms with Crippen LogP contribution in [0, 0.1) is 11.8 Å². The molecule has 144 valence electrons. The number of carbonyl (C=O) groups is 1. The standard InChI is InChI=1S/C20H27N5O2/c1-12(2)16-11-17(24-23-16)13-7-9-25(10-8-13)20(27)18-21-15-6-4-3-5-14(15)19(26)22-18/h3-6,12-13,16-17,23-24H,7-11H2,1-2H3,(H,21,22,26). The molecule has 0 spiro atoms. The minimum atomic E-state index is -0.264. The first-order chi connectivity index (χ1) is 13.0. The lowest BCUT2D eigenvalue weighted by Gasteiger charge is -2.34. The number of fused-ring (bicyclic) bond motifs is 1. The van der Waals surface area contributed by atoms with Crippen LogP contribution in [0.5, 0.6) is 0 Å². The van der Waals surface area contributed by atoms with Crippen molar-refractivity contribution < 1.29 is 4.79 Å². The number of nitrogens with one attached hydrogen (secondary N) is 3. The smallest absolute Gasteiger partial charge is 0.289 e. The summed E-state index contributed by atoms with van der Waals surface area (Å²) in [6, 6.07) is 8.07. The van der Waals surface area contributed by atoms with Gasteiger partial charge in [-0.05, 0) is 43.2 Å². The quantitative estimate of drug-likeness (QED) is 0.766. The Kier molecular flexibility index (Phi) is 4.97. The van der Waals surface area contributed by atoms with Gasteiger partial charge in [-0.1, -0.05) is 26.0 Å². The first kappa shape index (κ1) is 18.1. The number of rotatable bonds is 3. The third-order valence-electron chi connectivity index (χ3n) is 5.98. The summed E-state index contributed by atoms with van der Waals surface area (Å²) < 4.78 is 0. The van der Waals surface area contributed by atoms with Crippen LogP contribution in [-0.4, -0.2) is 45.9 Å². The molecule has 3 N–H and O–H groups in total. The van der Waals surface area contributed by atoms with Crippen molar-refractivity contribution in [2.24, 2.45) is 11.8 Å². The average Bonchev–Trinajstić information content (AvgIpc) is 3.18. The Balaban J connectivity index is 1.41. The SMILES string of the molecule is CC(C)C1CC(C2CCN(C(=O)c3nc4ccccc4c(=O)[nH]3)CC2)NN1. The lowest BCUT2D eigenvalue weighted by molar-refractivity contribution is 0.0661. The molecule has 0 saturated carbocycles. The van der Waals surface area contributed by atoms with Gasteiger partial charge in [0, 0.05) is 25.2 Å². The Bertz CT molecular complexity index is 885. The highest BCUT2D eigenvalue weighted by molar-refractivity contribution is 5.92. The van der Waals surface area contributed by atoms with Crippen LogP contribution in [-0.2, 0) is 0 Å². The summed E-state index contributed by atoms with van der Waals surface area (Å²) in [4.78, 5) is 33.9. The molecule has 3 heterocycles. The van der Waals surface area contributed by atoms with E-state index >= 15 is 0 Å². The molecule has 2 fully saturated rings. The van der Waals surface area contributed by atoms with Crippen molar-refractivity contribution in [1.82, 2.24) is 25.7 Å². The first-order valence-electron chi connectivity index (χ1n) is 9.82. The summed E-state index contributed by atoms with van der Waals surface area (Å²) in [5, 5.41) is 0.507. The minimum absolute atomic E-state index is 0.137. The van der Waals surface area contributed by atoms with Gasteiger partial charge in [0.2, 0.25) is 0 Å². The van der Waals surface area contributed by atoms with Crippen molar-refractivity contribution in [3.63, 3.8) is 0 Å². The van der Waals surface area contributed by atoms with Crippen LogP contribution in [0.4, 0.5) is 0 Å². The summed E-state index contributed by atoms with van der Waals surface area (Å²) in [6.07, 6.45) is 3.07. The number of piperidine rings is 1. The molecule has 2 aliphatic heterocycles. The summed E-state index contributed by atoms with van der Waals surface area (Å²) in [5.74, 6) is 1.13. The van der Waals surface area contributed by atoms with E-state index in [1.54, 1.807) is 18.2 Å². The van der Waals surface area contributed by atoms with Gasteiger partial charge in [0.15, 0.2) is 5.82 Å². The topological polar surface area (TPSA) is 90.1 Å². The Labute approximate surface area is 158 Å². The predicted octanol–water partition coefficient (Wildman–Crippen LogP) is 1.67. The first-order valence-corrected chi connectivity index (χ1v) is 9.82. The maximum atomic E-state index is 12.8. The molecule has 2 aromatic rings. The number of aromatic nitrogens is 2. The highest BCUT2D eigenvalue weighted by atomic mass is 16.2. The van der Waals surface area contributed by atoms with Crippen molar-refractivity contribution in [1.29, 1.82) is 0 Å². The van der Waals surface area contributed by atoms with Crippen molar-refractivity contribution in [3.8, 4) is 0 Å². The Hall–Kier alpha value is -2.25. The molecule has 2 aliphatic rings. The number of nitrogens with zero attached hydrogens (tertiary/aromatic N) is 2. The predicted molar refractivity (Wildman–Crippen MR) is 104 cm³/mol. The third kappa shape index (κ3) is 3.61. The fourth-order valence-corrected chi connectivity index (χ4v) is 4.20. The molecule has 7 heteroatoms. The lowest BCUT2D eigenvalue weighted by Crippen LogP contribution is -2.45. The highest BCUT2D eigenvalue weighted by Gasteiger charge is 2.34. The van der Waals surface area contributed by atoms with Gasteiger partial charge in [0.05, 0.1) is 10.9 Å². The number of likely N-dealkylation sites (tertiary alicyclic amines) is 1. The van der Waals surface area contributed by atoms with Crippen LogP contribution < -0.4 is 16.4 Å². The van der Waals surface area contributed by atoms with Crippen molar-refractivity contribution in [3.05, 3.63) is 40.4 Å². The molecule has 2 saturated heterocycles. The molecular weight excluding hydrogens is 342 g/mol. The van der Waals surface area contributed by atoms with E-state index in [9.17, 15) is 9.59 Å². The molecule has 2 atom stereocenters. The Morgan fingerprint density at radius 1 is 1.19 bits per heavy atom. The van der Waals surface area contributed by atoms with Gasteiger partial charge in [0.1, 0.15) is 0 Å². The van der Waals surface area contributed by atoms with Gasteiger partial charge in [-0.15, -0.1) is 0 Å². The minimum Gasteiger partial charge on any atom is -0.336 e. The number of hydrazine groups is 1. The maximum Gasteiger partial charge on any atom is 0.289 e. The molecule has 1 aromatic heterocycles. The van der Waals surface area contributed by atoms with Crippen LogP contribution in [0.15, 0.2) is 29.1 Å². The Morgan fingerprint density at radius 3 is 2.63 bits per heavy atom. The van der Waals surface area contributed by atoms with Gasteiger partial charge in [-0.3, -0.25) is 20.4 Å². The molecule has 0 bridgehead atoms. The second-order valence-electron chi connectivity index (χ2n) is 8.04. The van der Waals surface area contributed by atoms with Crippen LogP contribution in [0.25, 0.3) is 10.9 Å². The third-order valence-corrected chi connectivity index (χ3v) is 5.98. The largest absolute Gasteiger partial charge is 0.336 e. The molecule has 0 aliphatic carbocycles. The van der Waals surface area contributed by atoms with E-state index in [4.69, 9.17) is 0 Å². The highest BCUT2D eigenvalue weighted by Crippen LogP contribution is 2.27. The van der Waals surface area contributed by atoms with Crippen LogP contribution in [0.1, 0.15) is 43.7 Å². The van der Waals surface area contributed by atoms with Crippen LogP contribution >= 0.6 is 0 Å². The number of amides is 1. The fourth-order valence-electron chi connectivity index (χ4n) is 4.20. The fraction of sp³-hybridized carbons (Fsp3) is 0.550. The summed E-state index contributed by atoms with van der Waals surface area (Å²) >= 11 is 0. The zero-order valence-corrected chi connectivity index (χ0v) is 15.9. The van der Waals surface area contributed by atoms with Gasteiger partial charge in [-0.2, -0.15) is 0 Å². The second kappa shape index (κ2) is 7.40. The number of aromatic amines is 1. The Morgan fingerprint density at radius 2 is 1.93 bits per heavy atom. The number of para-hydroxylation sites is 1. The maximum absolute atomic E-state index is 12.8. The van der Waals surface area contributed by atoms with Crippen LogP contribution in [0.2, 0.25) is 0 Å². The van der Waals surface area contributed by atoms with E-state index in [-0.39, 0.29) is 17.3 Å². The zero-order valence-electron chi connectivity index (χ0n) is 15.9. The number of hydrogen-bond acceptors (Lipinski definition) is 5. The van der Waals surface area contributed by atoms with E-state index in [1.165, 1.54) is 0 Å². The molecule has 7 nitrogen and oxygen atoms in total. The van der Waals surface area contributed by atoms with Crippen LogP contribution in [0.3, 0.4) is 0 Å². The molecule has 1 amide bonds. The number of carbonyl (C=O) groups excluding carboxylic acids is 1. The summed E-state index contributed by atoms with van der Waals surface area (Å²) in [7, 11) is 0. The van der Waals surface area contributed by atoms with Gasteiger partial charge in [-0.25, -0.2) is 4.98 Å². The van der Waals surface area contributed by atoms with E-state index in [1.807, 2.05) is 11.0 Å². The van der Waals surface area contributed by atoms with E-state index in [0.717, 1.165) is 19.3 Å². The molecule has 1 aromatic carbocycles. The van der Waals surface area contributed by atoms with Crippen molar-refractivity contribution in [2.75, 3.05) is 13.1 Å². The summed E-state index contributed by atoms with van der Waals surface area (Å²) in [5.41, 5.74) is 7.15. The average molecular weight is 369 g/mol. The summed E-state index contributed by atoms with van der Waals surface area (Å²) in [6.45, 7) is 5.87. The number of hydrogen-bond donors (Lipinski definition) is 3. The molecular formula is C20H27N5O2. The van der Waals surface area contributed by atoms with E-state index in [0.29, 0.717) is 47.9 Å². The molecule has 27 heavy (non-hydrogen) atoms. The normalized spacial score (nSPS) is 24.0. The number of benzene rings is 1. The van der Waals surface area contributed by atoms with Gasteiger partial charge >= 0.3 is 0 Å². The monoisotopic (exact) mass is 369 g/mol. The molecule has 0 radical (unpaired) electrons.